The van der Waals surface area contributed by atoms with Gasteiger partial charge in [-0.3, -0.25) is 4.90 Å². The third kappa shape index (κ3) is 2.73. The van der Waals surface area contributed by atoms with Crippen LogP contribution in [-0.2, 0) is 0 Å². The van der Waals surface area contributed by atoms with Crippen LogP contribution in [0.15, 0.2) is 12.1 Å². The summed E-state index contributed by atoms with van der Waals surface area (Å²) in [7, 11) is 1.56. The smallest absolute Gasteiger partial charge is 0.176 e. The van der Waals surface area contributed by atoms with Gasteiger partial charge in [0, 0.05) is 32.2 Å². The van der Waals surface area contributed by atoms with Gasteiger partial charge in [-0.2, -0.15) is 0 Å². The third-order valence-corrected chi connectivity index (χ3v) is 4.51. The number of piperazine rings is 1. The van der Waals surface area contributed by atoms with E-state index in [4.69, 9.17) is 16.3 Å². The monoisotopic (exact) mass is 296 g/mol. The van der Waals surface area contributed by atoms with Crippen LogP contribution in [0.2, 0.25) is 5.02 Å². The first-order valence-electron chi connectivity index (χ1n) is 7.22. The Morgan fingerprint density at radius 1 is 1.35 bits per heavy atom. The molecule has 2 N–H and O–H groups in total. The highest BCUT2D eigenvalue weighted by Gasteiger charge is 2.37. The van der Waals surface area contributed by atoms with Crippen molar-refractivity contribution in [1.29, 1.82) is 0 Å². The van der Waals surface area contributed by atoms with Crippen molar-refractivity contribution in [2.24, 2.45) is 5.92 Å². The average molecular weight is 297 g/mol. The van der Waals surface area contributed by atoms with Gasteiger partial charge in [0.25, 0.3) is 0 Å². The minimum absolute atomic E-state index is 0.0350. The van der Waals surface area contributed by atoms with Gasteiger partial charge in [-0.05, 0) is 36.5 Å². The molecular formula is C15H21ClN2O2. The van der Waals surface area contributed by atoms with Crippen LogP contribution in [0.5, 0.6) is 11.5 Å². The van der Waals surface area contributed by atoms with E-state index >= 15 is 0 Å². The molecule has 1 aromatic rings. The minimum Gasteiger partial charge on any atom is -0.503 e. The number of nitrogens with one attached hydrogen (secondary N) is 1. The summed E-state index contributed by atoms with van der Waals surface area (Å²) in [5, 5.41) is 13.7. The molecule has 110 valence electrons. The number of nitrogens with zero attached hydrogens (tertiary/aromatic N) is 1. The van der Waals surface area contributed by atoms with E-state index in [0.717, 1.165) is 31.7 Å². The molecule has 1 heterocycles. The van der Waals surface area contributed by atoms with Crippen LogP contribution in [0, 0.1) is 5.92 Å². The second-order valence-corrected chi connectivity index (χ2v) is 6.03. The topological polar surface area (TPSA) is 44.7 Å². The third-order valence-electron chi connectivity index (χ3n) is 4.23. The number of hydrogen-bond acceptors (Lipinski definition) is 4. The molecule has 1 aromatic carbocycles. The van der Waals surface area contributed by atoms with Gasteiger partial charge in [-0.15, -0.1) is 0 Å². The van der Waals surface area contributed by atoms with Gasteiger partial charge in [0.15, 0.2) is 11.5 Å². The zero-order chi connectivity index (χ0) is 14.1. The van der Waals surface area contributed by atoms with E-state index < -0.39 is 0 Å². The molecule has 0 spiro atoms. The molecule has 2 fully saturated rings. The summed E-state index contributed by atoms with van der Waals surface area (Å²) in [6.07, 6.45) is 2.55. The standard InChI is InChI=1S/C15H21ClN2O2/c1-20-13-9-11(8-12(16)15(13)19)14(10-2-3-10)18-6-4-17-5-7-18/h8-10,14,17,19H,2-7H2,1H3/t14-/m1/s1. The molecule has 0 unspecified atom stereocenters. The fraction of sp³-hybridized carbons (Fsp3) is 0.600. The van der Waals surface area contributed by atoms with Crippen LogP contribution in [0.4, 0.5) is 0 Å². The number of hydrogen-bond donors (Lipinski definition) is 2. The normalized spacial score (nSPS) is 21.7. The number of benzene rings is 1. The number of methoxy groups -OCH3 is 1. The van der Waals surface area contributed by atoms with Crippen LogP contribution in [0.1, 0.15) is 24.4 Å². The summed E-state index contributed by atoms with van der Waals surface area (Å²) in [6, 6.07) is 4.22. The molecule has 0 bridgehead atoms. The second-order valence-electron chi connectivity index (χ2n) is 5.62. The van der Waals surface area contributed by atoms with Crippen LogP contribution in [-0.4, -0.2) is 43.3 Å². The zero-order valence-corrected chi connectivity index (χ0v) is 12.5. The van der Waals surface area contributed by atoms with E-state index in [2.05, 4.69) is 10.2 Å². The zero-order valence-electron chi connectivity index (χ0n) is 11.7. The lowest BCUT2D eigenvalue weighted by atomic mass is 9.99. The number of rotatable bonds is 4. The Balaban J connectivity index is 1.92. The maximum Gasteiger partial charge on any atom is 0.176 e. The van der Waals surface area contributed by atoms with Crippen LogP contribution in [0.25, 0.3) is 0 Å². The molecule has 0 aromatic heterocycles. The first-order chi connectivity index (χ1) is 9.70. The number of ether oxygens (including phenoxy) is 1. The Kier molecular flexibility index (Phi) is 4.06. The molecule has 1 saturated heterocycles. The second kappa shape index (κ2) is 5.80. The predicted molar refractivity (Wildman–Crippen MR) is 79.6 cm³/mol. The highest BCUT2D eigenvalue weighted by Crippen LogP contribution is 2.47. The van der Waals surface area contributed by atoms with Gasteiger partial charge in [0.1, 0.15) is 0 Å². The molecule has 1 saturated carbocycles. The molecule has 20 heavy (non-hydrogen) atoms. The molecule has 0 radical (unpaired) electrons. The van der Waals surface area contributed by atoms with Gasteiger partial charge in [-0.1, -0.05) is 11.6 Å². The van der Waals surface area contributed by atoms with E-state index in [1.807, 2.05) is 12.1 Å². The van der Waals surface area contributed by atoms with Gasteiger partial charge >= 0.3 is 0 Å². The Labute approximate surface area is 124 Å². The SMILES string of the molecule is COc1cc([C@@H](C2CC2)N2CCNCC2)cc(Cl)c1O. The van der Waals surface area contributed by atoms with E-state index in [9.17, 15) is 5.11 Å². The summed E-state index contributed by atoms with van der Waals surface area (Å²) in [6.45, 7) is 4.18. The largest absolute Gasteiger partial charge is 0.503 e. The summed E-state index contributed by atoms with van der Waals surface area (Å²) in [5.74, 6) is 1.21. The molecule has 1 atom stereocenters. The number of halogens is 1. The van der Waals surface area contributed by atoms with E-state index in [1.165, 1.54) is 12.8 Å². The van der Waals surface area contributed by atoms with Crippen molar-refractivity contribution < 1.29 is 9.84 Å². The van der Waals surface area contributed by atoms with E-state index in [0.29, 0.717) is 22.7 Å². The van der Waals surface area contributed by atoms with Crippen LogP contribution >= 0.6 is 11.6 Å². The Morgan fingerprint density at radius 3 is 2.65 bits per heavy atom. The van der Waals surface area contributed by atoms with Crippen molar-refractivity contribution in [2.45, 2.75) is 18.9 Å². The Hall–Kier alpha value is -0.970. The van der Waals surface area contributed by atoms with Crippen molar-refractivity contribution in [2.75, 3.05) is 33.3 Å². The van der Waals surface area contributed by atoms with Gasteiger partial charge in [0.2, 0.25) is 0 Å². The number of aromatic hydroxyl groups is 1. The van der Waals surface area contributed by atoms with Crippen LogP contribution in [0.3, 0.4) is 0 Å². The quantitative estimate of drug-likeness (QED) is 0.896. The van der Waals surface area contributed by atoms with E-state index in [-0.39, 0.29) is 5.75 Å². The number of phenolic OH excluding ortho intramolecular Hbond substituents is 1. The first kappa shape index (κ1) is 14.0. The highest BCUT2D eigenvalue weighted by atomic mass is 35.5. The lowest BCUT2D eigenvalue weighted by Gasteiger charge is -2.35. The molecule has 4 nitrogen and oxygen atoms in total. The van der Waals surface area contributed by atoms with Crippen molar-refractivity contribution in [3.8, 4) is 11.5 Å². The molecule has 2 aliphatic rings. The van der Waals surface area contributed by atoms with Crippen molar-refractivity contribution >= 4 is 11.6 Å². The fourth-order valence-corrected chi connectivity index (χ4v) is 3.29. The molecule has 1 aliphatic heterocycles. The Morgan fingerprint density at radius 2 is 2.05 bits per heavy atom. The maximum atomic E-state index is 9.89. The number of phenols is 1. The molecule has 0 amide bonds. The fourth-order valence-electron chi connectivity index (χ4n) is 3.07. The minimum atomic E-state index is 0.0350. The maximum absolute atomic E-state index is 9.89. The van der Waals surface area contributed by atoms with Crippen LogP contribution < -0.4 is 10.1 Å². The lowest BCUT2D eigenvalue weighted by Crippen LogP contribution is -2.45. The molecule has 5 heteroatoms. The van der Waals surface area contributed by atoms with Crippen molar-refractivity contribution in [1.82, 2.24) is 10.2 Å². The molecular weight excluding hydrogens is 276 g/mol. The first-order valence-corrected chi connectivity index (χ1v) is 7.59. The van der Waals surface area contributed by atoms with Gasteiger partial charge in [0.05, 0.1) is 12.1 Å². The Bertz CT molecular complexity index is 485. The lowest BCUT2D eigenvalue weighted by molar-refractivity contribution is 0.156. The highest BCUT2D eigenvalue weighted by molar-refractivity contribution is 6.32. The predicted octanol–water partition coefficient (Wildman–Crippen LogP) is 2.41. The summed E-state index contributed by atoms with van der Waals surface area (Å²) in [5.41, 5.74) is 1.16. The van der Waals surface area contributed by atoms with Gasteiger partial charge < -0.3 is 15.2 Å². The van der Waals surface area contributed by atoms with E-state index in [1.54, 1.807) is 7.11 Å². The van der Waals surface area contributed by atoms with Crippen molar-refractivity contribution in [3.05, 3.63) is 22.7 Å². The molecule has 1 aliphatic carbocycles. The summed E-state index contributed by atoms with van der Waals surface area (Å²) >= 11 is 6.14. The summed E-state index contributed by atoms with van der Waals surface area (Å²) < 4.78 is 5.24. The molecule has 3 rings (SSSR count). The average Bonchev–Trinajstić information content (AvgIpc) is 3.28. The summed E-state index contributed by atoms with van der Waals surface area (Å²) in [4.78, 5) is 2.52. The van der Waals surface area contributed by atoms with Crippen molar-refractivity contribution in [3.63, 3.8) is 0 Å². The van der Waals surface area contributed by atoms with Gasteiger partial charge in [-0.25, -0.2) is 0 Å².